The van der Waals surface area contributed by atoms with Gasteiger partial charge in [-0.3, -0.25) is 4.79 Å². The van der Waals surface area contributed by atoms with Crippen molar-refractivity contribution in [2.24, 2.45) is 0 Å². The van der Waals surface area contributed by atoms with Crippen LogP contribution in [0.3, 0.4) is 0 Å². The van der Waals surface area contributed by atoms with Gasteiger partial charge in [0.2, 0.25) is 15.9 Å². The number of thioether (sulfide) groups is 1. The van der Waals surface area contributed by atoms with E-state index in [1.165, 1.54) is 0 Å². The van der Waals surface area contributed by atoms with E-state index in [4.69, 9.17) is 11.6 Å². The van der Waals surface area contributed by atoms with Crippen molar-refractivity contribution >= 4 is 45.0 Å². The van der Waals surface area contributed by atoms with Gasteiger partial charge < -0.3 is 5.32 Å². The molecule has 1 atom stereocenters. The fourth-order valence-corrected chi connectivity index (χ4v) is 6.21. The Morgan fingerprint density at radius 2 is 1.86 bits per heavy atom. The highest BCUT2D eigenvalue weighted by atomic mass is 35.5. The van der Waals surface area contributed by atoms with E-state index in [9.17, 15) is 26.4 Å². The van der Waals surface area contributed by atoms with Gasteiger partial charge in [-0.05, 0) is 30.3 Å². The Kier molecular flexibility index (Phi) is 5.95. The summed E-state index contributed by atoms with van der Waals surface area (Å²) in [4.78, 5) is 11.6. The molecule has 0 unspecified atom stereocenters. The minimum absolute atomic E-state index is 0.130. The first-order valence-electron chi connectivity index (χ1n) is 7.93. The van der Waals surface area contributed by atoms with Crippen molar-refractivity contribution in [1.82, 2.24) is 4.31 Å². The van der Waals surface area contributed by atoms with Crippen molar-refractivity contribution in [3.05, 3.63) is 59.1 Å². The number of alkyl halides is 3. The van der Waals surface area contributed by atoms with E-state index >= 15 is 0 Å². The van der Waals surface area contributed by atoms with Gasteiger partial charge in [0.05, 0.1) is 16.3 Å². The molecule has 3 rings (SSSR count). The Bertz CT molecular complexity index is 985. The number of anilines is 1. The van der Waals surface area contributed by atoms with Gasteiger partial charge in [-0.2, -0.15) is 17.5 Å². The molecule has 0 aromatic heterocycles. The number of rotatable bonds is 4. The standard InChI is InChI=1S/C17H14ClF3N2O3S2/c18-11-6-7-15(13(8-11)17(19,20)21)28(25,26)23-10-27-9-14(23)16(24)22-12-4-2-1-3-5-12/h1-8,14H,9-10H2,(H,22,24)/t14-/m1/s1. The first-order chi connectivity index (χ1) is 13.1. The molecule has 0 spiro atoms. The molecule has 150 valence electrons. The maximum atomic E-state index is 13.4. The van der Waals surface area contributed by atoms with Crippen molar-refractivity contribution in [3.8, 4) is 0 Å². The SMILES string of the molecule is O=C(Nc1ccccc1)[C@H]1CSCN1S(=O)(=O)c1ccc(Cl)cc1C(F)(F)F. The molecule has 1 aliphatic heterocycles. The van der Waals surface area contributed by atoms with Crippen LogP contribution in [0, 0.1) is 0 Å². The summed E-state index contributed by atoms with van der Waals surface area (Å²) in [5.74, 6) is -0.607. The zero-order valence-corrected chi connectivity index (χ0v) is 16.5. The molecule has 0 saturated carbocycles. The number of carbonyl (C=O) groups excluding carboxylic acids is 1. The average molecular weight is 451 g/mol. The van der Waals surface area contributed by atoms with E-state index in [1.807, 2.05) is 0 Å². The highest BCUT2D eigenvalue weighted by Gasteiger charge is 2.44. The highest BCUT2D eigenvalue weighted by molar-refractivity contribution is 8.00. The second-order valence-corrected chi connectivity index (χ2v) is 9.20. The molecule has 0 radical (unpaired) electrons. The van der Waals surface area contributed by atoms with Crippen LogP contribution in [0.1, 0.15) is 5.56 Å². The number of hydrogen-bond donors (Lipinski definition) is 1. The first kappa shape index (κ1) is 21.0. The Labute approximate surface area is 168 Å². The van der Waals surface area contributed by atoms with Gasteiger partial charge in [0, 0.05) is 16.5 Å². The van der Waals surface area contributed by atoms with Gasteiger partial charge in [0.1, 0.15) is 6.04 Å². The van der Waals surface area contributed by atoms with E-state index in [1.54, 1.807) is 30.3 Å². The van der Waals surface area contributed by atoms with Crippen molar-refractivity contribution in [2.45, 2.75) is 17.1 Å². The number of nitrogens with zero attached hydrogens (tertiary/aromatic N) is 1. The summed E-state index contributed by atoms with van der Waals surface area (Å²) in [6.07, 6.45) is -4.91. The number of halogens is 4. The average Bonchev–Trinajstić information content (AvgIpc) is 3.12. The lowest BCUT2D eigenvalue weighted by atomic mass is 10.2. The van der Waals surface area contributed by atoms with Crippen LogP contribution in [0.15, 0.2) is 53.4 Å². The molecule has 0 aliphatic carbocycles. The fourth-order valence-electron chi connectivity index (χ4n) is 2.69. The van der Waals surface area contributed by atoms with Crippen molar-refractivity contribution in [2.75, 3.05) is 16.9 Å². The van der Waals surface area contributed by atoms with Crippen LogP contribution in [0.5, 0.6) is 0 Å². The first-order valence-corrected chi connectivity index (χ1v) is 10.9. The monoisotopic (exact) mass is 450 g/mol. The minimum atomic E-state index is -4.91. The van der Waals surface area contributed by atoms with Crippen LogP contribution >= 0.6 is 23.4 Å². The molecule has 1 fully saturated rings. The number of hydrogen-bond acceptors (Lipinski definition) is 4. The summed E-state index contributed by atoms with van der Waals surface area (Å²) in [7, 11) is -4.58. The topological polar surface area (TPSA) is 66.5 Å². The Morgan fingerprint density at radius 1 is 1.18 bits per heavy atom. The molecular weight excluding hydrogens is 437 g/mol. The van der Waals surface area contributed by atoms with Crippen molar-refractivity contribution in [1.29, 1.82) is 0 Å². The van der Waals surface area contributed by atoms with Crippen LogP contribution in [-0.2, 0) is 21.0 Å². The van der Waals surface area contributed by atoms with Crippen LogP contribution in [0.25, 0.3) is 0 Å². The van der Waals surface area contributed by atoms with E-state index in [0.29, 0.717) is 11.8 Å². The Morgan fingerprint density at radius 3 is 2.50 bits per heavy atom. The molecule has 1 N–H and O–H groups in total. The normalized spacial score (nSPS) is 18.2. The molecule has 2 aromatic rings. The molecule has 5 nitrogen and oxygen atoms in total. The van der Waals surface area contributed by atoms with Crippen LogP contribution < -0.4 is 5.32 Å². The number of nitrogens with one attached hydrogen (secondary N) is 1. The number of benzene rings is 2. The molecule has 11 heteroatoms. The summed E-state index contributed by atoms with van der Waals surface area (Å²) in [5, 5.41) is 2.35. The van der Waals surface area contributed by atoms with Gasteiger partial charge in [-0.15, -0.1) is 11.8 Å². The third-order valence-corrected chi connectivity index (χ3v) is 7.34. The fraction of sp³-hybridized carbons (Fsp3) is 0.235. The van der Waals surface area contributed by atoms with Gasteiger partial charge in [0.25, 0.3) is 0 Å². The quantitative estimate of drug-likeness (QED) is 0.762. The van der Waals surface area contributed by atoms with Gasteiger partial charge in [-0.1, -0.05) is 29.8 Å². The summed E-state index contributed by atoms with van der Waals surface area (Å²) in [6, 6.07) is 9.70. The molecule has 1 aliphatic rings. The molecular formula is C17H14ClF3N2O3S2. The van der Waals surface area contributed by atoms with E-state index in [-0.39, 0.29) is 16.7 Å². The van der Waals surface area contributed by atoms with Gasteiger partial charge >= 0.3 is 6.18 Å². The largest absolute Gasteiger partial charge is 0.417 e. The van der Waals surface area contributed by atoms with E-state index < -0.39 is 38.6 Å². The molecule has 0 bridgehead atoms. The predicted molar refractivity (Wildman–Crippen MR) is 102 cm³/mol. The molecule has 1 saturated heterocycles. The van der Waals surface area contributed by atoms with Crippen LogP contribution in [0.4, 0.5) is 18.9 Å². The predicted octanol–water partition coefficient (Wildman–Crippen LogP) is 4.06. The number of sulfonamides is 1. The van der Waals surface area contributed by atoms with Crippen LogP contribution in [-0.4, -0.2) is 36.3 Å². The lowest BCUT2D eigenvalue weighted by molar-refractivity contribution is -0.139. The third-order valence-electron chi connectivity index (χ3n) is 4.02. The van der Waals surface area contributed by atoms with Gasteiger partial charge in [0.15, 0.2) is 0 Å². The second-order valence-electron chi connectivity index (χ2n) is 5.90. The highest BCUT2D eigenvalue weighted by Crippen LogP contribution is 2.38. The van der Waals surface area contributed by atoms with Crippen molar-refractivity contribution in [3.63, 3.8) is 0 Å². The molecule has 1 heterocycles. The number of para-hydroxylation sites is 1. The summed E-state index contributed by atoms with van der Waals surface area (Å²) < 4.78 is 66.8. The minimum Gasteiger partial charge on any atom is -0.325 e. The Balaban J connectivity index is 1.94. The second kappa shape index (κ2) is 7.94. The maximum Gasteiger partial charge on any atom is 0.417 e. The van der Waals surface area contributed by atoms with Crippen LogP contribution in [0.2, 0.25) is 5.02 Å². The zero-order valence-electron chi connectivity index (χ0n) is 14.1. The third kappa shape index (κ3) is 4.29. The van der Waals surface area contributed by atoms with Crippen molar-refractivity contribution < 1.29 is 26.4 Å². The maximum absolute atomic E-state index is 13.4. The van der Waals surface area contributed by atoms with Gasteiger partial charge in [-0.25, -0.2) is 8.42 Å². The van der Waals surface area contributed by atoms with E-state index in [2.05, 4.69) is 5.32 Å². The summed E-state index contributed by atoms with van der Waals surface area (Å²) in [6.45, 7) is 0. The lowest BCUT2D eigenvalue weighted by Crippen LogP contribution is -2.44. The number of carbonyl (C=O) groups is 1. The molecule has 2 aromatic carbocycles. The van der Waals surface area contributed by atoms with E-state index in [0.717, 1.165) is 28.2 Å². The zero-order chi connectivity index (χ0) is 20.5. The number of amides is 1. The molecule has 1 amide bonds. The summed E-state index contributed by atoms with van der Waals surface area (Å²) >= 11 is 6.77. The smallest absolute Gasteiger partial charge is 0.325 e. The molecule has 28 heavy (non-hydrogen) atoms. The lowest BCUT2D eigenvalue weighted by Gasteiger charge is -2.24. The summed E-state index contributed by atoms with van der Waals surface area (Å²) in [5.41, 5.74) is -0.900. The Hall–Kier alpha value is -1.75.